The van der Waals surface area contributed by atoms with Gasteiger partial charge in [-0.2, -0.15) is 0 Å². The number of aryl methyl sites for hydroxylation is 1. The quantitative estimate of drug-likeness (QED) is 0.470. The van der Waals surface area contributed by atoms with Crippen molar-refractivity contribution >= 4 is 17.7 Å². The van der Waals surface area contributed by atoms with Gasteiger partial charge in [-0.3, -0.25) is 4.79 Å². The van der Waals surface area contributed by atoms with Gasteiger partial charge in [-0.05, 0) is 30.0 Å². The Morgan fingerprint density at radius 2 is 2.31 bits per heavy atom. The van der Waals surface area contributed by atoms with Gasteiger partial charge in [0.1, 0.15) is 0 Å². The molecule has 1 aromatic carbocycles. The monoisotopic (exact) mass is 216 g/mol. The molecule has 0 saturated heterocycles. The van der Waals surface area contributed by atoms with Gasteiger partial charge >= 0.3 is 0 Å². The maximum Gasteiger partial charge on any atom is 0.234 e. The van der Waals surface area contributed by atoms with Crippen LogP contribution in [0, 0.1) is 0 Å². The van der Waals surface area contributed by atoms with E-state index in [-0.39, 0.29) is 5.91 Å². The number of aliphatic imine (C=N–C) groups is 1. The van der Waals surface area contributed by atoms with E-state index in [1.54, 1.807) is 0 Å². The van der Waals surface area contributed by atoms with E-state index in [4.69, 9.17) is 0 Å². The van der Waals surface area contributed by atoms with Crippen molar-refractivity contribution in [3.63, 3.8) is 0 Å². The molecule has 1 amide bonds. The Kier molecular flexibility index (Phi) is 3.13. The lowest BCUT2D eigenvalue weighted by molar-refractivity contribution is -0.115. The number of carbonyl (C=O) groups is 1. The summed E-state index contributed by atoms with van der Waals surface area (Å²) in [6.07, 6.45) is 3.69. The summed E-state index contributed by atoms with van der Waals surface area (Å²) >= 11 is 0. The maximum absolute atomic E-state index is 11.1. The summed E-state index contributed by atoms with van der Waals surface area (Å²) in [6, 6.07) is 5.96. The van der Waals surface area contributed by atoms with Crippen LogP contribution >= 0.6 is 0 Å². The van der Waals surface area contributed by atoms with Crippen molar-refractivity contribution in [1.82, 2.24) is 0 Å². The minimum absolute atomic E-state index is 0.0534. The van der Waals surface area contributed by atoms with Crippen LogP contribution in [-0.2, 0) is 22.4 Å². The normalized spacial score (nSPS) is 12.9. The smallest absolute Gasteiger partial charge is 0.234 e. The zero-order chi connectivity index (χ0) is 11.4. The van der Waals surface area contributed by atoms with Gasteiger partial charge in [-0.25, -0.2) is 9.79 Å². The van der Waals surface area contributed by atoms with E-state index in [2.05, 4.69) is 10.3 Å². The highest BCUT2D eigenvalue weighted by atomic mass is 16.1. The van der Waals surface area contributed by atoms with Crippen LogP contribution in [0.4, 0.5) is 5.69 Å². The van der Waals surface area contributed by atoms with Gasteiger partial charge in [0, 0.05) is 5.69 Å². The first-order chi connectivity index (χ1) is 7.79. The number of rotatable bonds is 4. The van der Waals surface area contributed by atoms with Gasteiger partial charge in [0.25, 0.3) is 0 Å². The molecule has 0 atom stereocenters. The van der Waals surface area contributed by atoms with Crippen LogP contribution in [0.15, 0.2) is 23.2 Å². The third-order valence-corrected chi connectivity index (χ3v) is 2.59. The number of nitrogens with zero attached hydrogens (tertiary/aromatic N) is 1. The van der Waals surface area contributed by atoms with Gasteiger partial charge in [-0.15, -0.1) is 0 Å². The number of hydrogen-bond acceptors (Lipinski definition) is 3. The average Bonchev–Trinajstić information content (AvgIpc) is 2.64. The van der Waals surface area contributed by atoms with Gasteiger partial charge in [0.15, 0.2) is 0 Å². The molecule has 82 valence electrons. The van der Waals surface area contributed by atoms with Crippen molar-refractivity contribution in [3.05, 3.63) is 29.3 Å². The van der Waals surface area contributed by atoms with Crippen LogP contribution in [0.5, 0.6) is 0 Å². The number of isocyanates is 1. The summed E-state index contributed by atoms with van der Waals surface area (Å²) in [4.78, 5) is 24.5. The van der Waals surface area contributed by atoms with E-state index in [1.807, 2.05) is 18.2 Å². The summed E-state index contributed by atoms with van der Waals surface area (Å²) in [5.74, 6) is 0.0534. The average molecular weight is 216 g/mol. The SMILES string of the molecule is O=C=NCCCc1ccc2c(c1)CC(=O)N2. The molecule has 4 nitrogen and oxygen atoms in total. The second-order valence-electron chi connectivity index (χ2n) is 3.79. The third-order valence-electron chi connectivity index (χ3n) is 2.59. The van der Waals surface area contributed by atoms with E-state index in [0.29, 0.717) is 13.0 Å². The summed E-state index contributed by atoms with van der Waals surface area (Å²) in [5.41, 5.74) is 3.15. The lowest BCUT2D eigenvalue weighted by atomic mass is 10.0. The Morgan fingerprint density at radius 1 is 1.44 bits per heavy atom. The number of nitrogens with one attached hydrogen (secondary N) is 1. The van der Waals surface area contributed by atoms with Crippen molar-refractivity contribution in [2.24, 2.45) is 4.99 Å². The number of fused-ring (bicyclic) bond motifs is 1. The number of anilines is 1. The molecule has 1 aliphatic rings. The lowest BCUT2D eigenvalue weighted by Crippen LogP contribution is -2.03. The fraction of sp³-hybridized carbons (Fsp3) is 0.333. The molecule has 0 spiro atoms. The van der Waals surface area contributed by atoms with Crippen molar-refractivity contribution in [3.8, 4) is 0 Å². The molecule has 0 aromatic heterocycles. The molecule has 4 heteroatoms. The number of hydrogen-bond donors (Lipinski definition) is 1. The Balaban J connectivity index is 1.99. The molecule has 0 bridgehead atoms. The first kappa shape index (κ1) is 10.6. The van der Waals surface area contributed by atoms with Crippen molar-refractivity contribution in [2.75, 3.05) is 11.9 Å². The van der Waals surface area contributed by atoms with Crippen LogP contribution in [0.1, 0.15) is 17.5 Å². The summed E-state index contributed by atoms with van der Waals surface area (Å²) in [5, 5.41) is 2.79. The Bertz CT molecular complexity index is 462. The number of amides is 1. The molecule has 0 aliphatic carbocycles. The first-order valence-corrected chi connectivity index (χ1v) is 5.25. The van der Waals surface area contributed by atoms with Gasteiger partial charge in [0.2, 0.25) is 12.0 Å². The molecule has 0 fully saturated rings. The topological polar surface area (TPSA) is 58.5 Å². The highest BCUT2D eigenvalue weighted by molar-refractivity contribution is 5.99. The van der Waals surface area contributed by atoms with Gasteiger partial charge in [-0.1, -0.05) is 12.1 Å². The minimum Gasteiger partial charge on any atom is -0.326 e. The zero-order valence-electron chi connectivity index (χ0n) is 8.82. The second-order valence-corrected chi connectivity index (χ2v) is 3.79. The van der Waals surface area contributed by atoms with E-state index in [0.717, 1.165) is 24.1 Å². The summed E-state index contributed by atoms with van der Waals surface area (Å²) < 4.78 is 0. The van der Waals surface area contributed by atoms with E-state index in [1.165, 1.54) is 11.6 Å². The fourth-order valence-electron chi connectivity index (χ4n) is 1.85. The van der Waals surface area contributed by atoms with Crippen LogP contribution in [-0.4, -0.2) is 18.5 Å². The van der Waals surface area contributed by atoms with Crippen LogP contribution in [0.25, 0.3) is 0 Å². The van der Waals surface area contributed by atoms with Crippen molar-refractivity contribution in [2.45, 2.75) is 19.3 Å². The molecule has 0 unspecified atom stereocenters. The molecule has 1 N–H and O–H groups in total. The Hall–Kier alpha value is -1.93. The fourth-order valence-corrected chi connectivity index (χ4v) is 1.85. The van der Waals surface area contributed by atoms with Crippen molar-refractivity contribution < 1.29 is 9.59 Å². The standard InChI is InChI=1S/C12H12N2O2/c15-8-13-5-1-2-9-3-4-11-10(6-9)7-12(16)14-11/h3-4,6H,1-2,5,7H2,(H,14,16). The first-order valence-electron chi connectivity index (χ1n) is 5.25. The third kappa shape index (κ3) is 2.35. The molecule has 1 aliphatic heterocycles. The Labute approximate surface area is 93.4 Å². The zero-order valence-corrected chi connectivity index (χ0v) is 8.82. The second kappa shape index (κ2) is 4.73. The highest BCUT2D eigenvalue weighted by Crippen LogP contribution is 2.24. The molecule has 1 aromatic rings. The van der Waals surface area contributed by atoms with E-state index in [9.17, 15) is 9.59 Å². The van der Waals surface area contributed by atoms with Gasteiger partial charge in [0.05, 0.1) is 13.0 Å². The van der Waals surface area contributed by atoms with Crippen molar-refractivity contribution in [1.29, 1.82) is 0 Å². The molecule has 2 rings (SSSR count). The predicted octanol–water partition coefficient (Wildman–Crippen LogP) is 1.45. The molecule has 0 radical (unpaired) electrons. The molecule has 1 heterocycles. The predicted molar refractivity (Wildman–Crippen MR) is 60.1 cm³/mol. The number of carbonyl (C=O) groups excluding carboxylic acids is 2. The molecular formula is C12H12N2O2. The molecule has 16 heavy (non-hydrogen) atoms. The minimum atomic E-state index is 0.0534. The Morgan fingerprint density at radius 3 is 3.12 bits per heavy atom. The molecule has 0 saturated carbocycles. The maximum atomic E-state index is 11.1. The largest absolute Gasteiger partial charge is 0.326 e. The molecular weight excluding hydrogens is 204 g/mol. The lowest BCUT2D eigenvalue weighted by Gasteiger charge is -2.02. The van der Waals surface area contributed by atoms with Crippen LogP contribution in [0.3, 0.4) is 0 Å². The van der Waals surface area contributed by atoms with E-state index >= 15 is 0 Å². The highest BCUT2D eigenvalue weighted by Gasteiger charge is 2.16. The summed E-state index contributed by atoms with van der Waals surface area (Å²) in [7, 11) is 0. The van der Waals surface area contributed by atoms with Crippen LogP contribution in [0.2, 0.25) is 0 Å². The van der Waals surface area contributed by atoms with E-state index < -0.39 is 0 Å². The van der Waals surface area contributed by atoms with Gasteiger partial charge < -0.3 is 5.32 Å². The number of benzene rings is 1. The summed E-state index contributed by atoms with van der Waals surface area (Å²) in [6.45, 7) is 0.512. The van der Waals surface area contributed by atoms with Crippen LogP contribution < -0.4 is 5.32 Å².